The Morgan fingerprint density at radius 3 is 2.78 bits per heavy atom. The van der Waals surface area contributed by atoms with E-state index in [1.54, 1.807) is 6.07 Å². The Hall–Kier alpha value is -1.93. The minimum Gasteiger partial charge on any atom is -0.415 e. The molecule has 0 atom stereocenters. The summed E-state index contributed by atoms with van der Waals surface area (Å²) < 4.78 is 57.9. The van der Waals surface area contributed by atoms with E-state index in [0.29, 0.717) is 37.4 Å². The predicted octanol–water partition coefficient (Wildman–Crippen LogP) is 5.17. The number of carbonyl (C=O) groups is 1. The number of hydrogen-bond donors (Lipinski definition) is 0. The van der Waals surface area contributed by atoms with E-state index in [1.807, 2.05) is 11.8 Å². The zero-order valence-corrected chi connectivity index (χ0v) is 15.6. The molecule has 2 heterocycles. The van der Waals surface area contributed by atoms with Crippen LogP contribution in [0.1, 0.15) is 41.3 Å². The Morgan fingerprint density at radius 2 is 2.07 bits per heavy atom. The van der Waals surface area contributed by atoms with Crippen LogP contribution in [0.25, 0.3) is 0 Å². The fourth-order valence-electron chi connectivity index (χ4n) is 3.03. The summed E-state index contributed by atoms with van der Waals surface area (Å²) in [6.07, 6.45) is -2.75. The number of esters is 1. The second-order valence-electron chi connectivity index (χ2n) is 6.50. The molecule has 1 aliphatic rings. The van der Waals surface area contributed by atoms with E-state index in [4.69, 9.17) is 4.74 Å². The largest absolute Gasteiger partial charge is 0.416 e. The lowest BCUT2D eigenvalue weighted by atomic mass is 10.1. The molecule has 0 fully saturated rings. The Balaban J connectivity index is 1.70. The van der Waals surface area contributed by atoms with Crippen LogP contribution in [0.3, 0.4) is 0 Å². The number of ether oxygens (including phenoxy) is 1. The van der Waals surface area contributed by atoms with E-state index >= 15 is 0 Å². The maximum Gasteiger partial charge on any atom is 0.416 e. The van der Waals surface area contributed by atoms with Crippen molar-refractivity contribution >= 4 is 17.3 Å². The van der Waals surface area contributed by atoms with Gasteiger partial charge in [-0.3, -0.25) is 9.69 Å². The van der Waals surface area contributed by atoms with Crippen LogP contribution in [0, 0.1) is 5.82 Å². The maximum atomic E-state index is 14.0. The van der Waals surface area contributed by atoms with Crippen molar-refractivity contribution in [1.29, 1.82) is 0 Å². The van der Waals surface area contributed by atoms with Crippen molar-refractivity contribution in [3.05, 3.63) is 51.7 Å². The number of rotatable bonds is 5. The first kappa shape index (κ1) is 19.8. The van der Waals surface area contributed by atoms with Gasteiger partial charge in [0.2, 0.25) is 0 Å². The van der Waals surface area contributed by atoms with Crippen LogP contribution in [0.5, 0.6) is 5.06 Å². The number of nitrogens with zero attached hydrogens (tertiary/aromatic N) is 1. The molecule has 0 saturated heterocycles. The van der Waals surface area contributed by atoms with Gasteiger partial charge in [0, 0.05) is 36.5 Å². The van der Waals surface area contributed by atoms with Crippen molar-refractivity contribution in [2.45, 2.75) is 45.5 Å². The zero-order chi connectivity index (χ0) is 19.6. The van der Waals surface area contributed by atoms with E-state index in [2.05, 4.69) is 0 Å². The van der Waals surface area contributed by atoms with Gasteiger partial charge in [-0.15, -0.1) is 11.3 Å². The van der Waals surface area contributed by atoms with Crippen LogP contribution < -0.4 is 4.74 Å². The Kier molecular flexibility index (Phi) is 5.86. The third kappa shape index (κ3) is 4.87. The molecule has 3 rings (SSSR count). The summed E-state index contributed by atoms with van der Waals surface area (Å²) in [5.74, 6) is -0.924. The standard InChI is InChI=1S/C19H19F4NO2S/c1-2-3-17(25)26-18-9-13-11-24(7-6-16(13)27-18)10-12-8-14(19(21,22)23)4-5-15(12)20/h4-5,8-9H,2-3,6-7,10-11H2,1H3. The number of alkyl halides is 3. The average Bonchev–Trinajstić information content (AvgIpc) is 2.97. The van der Waals surface area contributed by atoms with Crippen LogP contribution in [-0.4, -0.2) is 17.4 Å². The van der Waals surface area contributed by atoms with Crippen molar-refractivity contribution in [2.75, 3.05) is 6.54 Å². The quantitative estimate of drug-likeness (QED) is 0.511. The molecule has 1 aromatic heterocycles. The third-order valence-electron chi connectivity index (χ3n) is 4.36. The van der Waals surface area contributed by atoms with E-state index in [-0.39, 0.29) is 18.1 Å². The van der Waals surface area contributed by atoms with Gasteiger partial charge in [0.25, 0.3) is 0 Å². The van der Waals surface area contributed by atoms with E-state index in [9.17, 15) is 22.4 Å². The van der Waals surface area contributed by atoms with Crippen molar-refractivity contribution in [3.8, 4) is 5.06 Å². The summed E-state index contributed by atoms with van der Waals surface area (Å²) in [6, 6.07) is 4.28. The molecule has 0 spiro atoms. The van der Waals surface area contributed by atoms with Gasteiger partial charge in [0.15, 0.2) is 5.06 Å². The van der Waals surface area contributed by atoms with Crippen LogP contribution in [0.15, 0.2) is 24.3 Å². The van der Waals surface area contributed by atoms with Gasteiger partial charge >= 0.3 is 12.1 Å². The minimum atomic E-state index is -4.50. The third-order valence-corrected chi connectivity index (χ3v) is 5.47. The summed E-state index contributed by atoms with van der Waals surface area (Å²) >= 11 is 1.41. The molecule has 0 unspecified atom stereocenters. The SMILES string of the molecule is CCCC(=O)Oc1cc2c(s1)CCN(Cc1cc(C(F)(F)F)ccc1F)C2. The fraction of sp³-hybridized carbons (Fsp3) is 0.421. The molecule has 3 nitrogen and oxygen atoms in total. The molecule has 0 amide bonds. The first-order valence-corrected chi connectivity index (χ1v) is 9.48. The second kappa shape index (κ2) is 7.98. The molecule has 1 aromatic carbocycles. The number of carbonyl (C=O) groups excluding carboxylic acids is 1. The van der Waals surface area contributed by atoms with Gasteiger partial charge in [-0.2, -0.15) is 13.2 Å². The monoisotopic (exact) mass is 401 g/mol. The van der Waals surface area contributed by atoms with Gasteiger partial charge in [-0.05, 0) is 42.7 Å². The van der Waals surface area contributed by atoms with Crippen LogP contribution in [0.2, 0.25) is 0 Å². The lowest BCUT2D eigenvalue weighted by Gasteiger charge is -2.27. The highest BCUT2D eigenvalue weighted by molar-refractivity contribution is 7.14. The summed E-state index contributed by atoms with van der Waals surface area (Å²) in [6.45, 7) is 3.07. The van der Waals surface area contributed by atoms with Gasteiger partial charge < -0.3 is 4.74 Å². The van der Waals surface area contributed by atoms with E-state index in [0.717, 1.165) is 28.6 Å². The van der Waals surface area contributed by atoms with Gasteiger partial charge in [0.05, 0.1) is 5.56 Å². The summed E-state index contributed by atoms with van der Waals surface area (Å²) in [4.78, 5) is 14.6. The zero-order valence-electron chi connectivity index (χ0n) is 14.7. The number of thiophene rings is 1. The van der Waals surface area contributed by atoms with Crippen molar-refractivity contribution in [2.24, 2.45) is 0 Å². The molecule has 0 bridgehead atoms. The van der Waals surface area contributed by atoms with Crippen LogP contribution >= 0.6 is 11.3 Å². The Bertz CT molecular complexity index is 832. The first-order valence-electron chi connectivity index (χ1n) is 8.66. The average molecular weight is 401 g/mol. The first-order chi connectivity index (χ1) is 12.8. The Morgan fingerprint density at radius 1 is 1.30 bits per heavy atom. The molecule has 0 aliphatic carbocycles. The highest BCUT2D eigenvalue weighted by Crippen LogP contribution is 2.35. The molecule has 8 heteroatoms. The highest BCUT2D eigenvalue weighted by Gasteiger charge is 2.31. The van der Waals surface area contributed by atoms with Gasteiger partial charge in [0.1, 0.15) is 5.82 Å². The van der Waals surface area contributed by atoms with E-state index in [1.165, 1.54) is 11.3 Å². The predicted molar refractivity (Wildman–Crippen MR) is 94.1 cm³/mol. The second-order valence-corrected chi connectivity index (χ2v) is 7.60. The number of fused-ring (bicyclic) bond motifs is 1. The molecule has 2 aromatic rings. The Labute approximate surface area is 158 Å². The summed E-state index contributed by atoms with van der Waals surface area (Å²) in [5.41, 5.74) is 0.147. The minimum absolute atomic E-state index is 0.0260. The summed E-state index contributed by atoms with van der Waals surface area (Å²) in [7, 11) is 0. The molecule has 27 heavy (non-hydrogen) atoms. The molecular formula is C19H19F4NO2S. The number of halogens is 4. The number of hydrogen-bond acceptors (Lipinski definition) is 4. The highest BCUT2D eigenvalue weighted by atomic mass is 32.1. The smallest absolute Gasteiger partial charge is 0.415 e. The number of benzene rings is 1. The topological polar surface area (TPSA) is 29.5 Å². The van der Waals surface area contributed by atoms with Crippen LogP contribution in [0.4, 0.5) is 17.6 Å². The molecule has 0 saturated carbocycles. The van der Waals surface area contributed by atoms with Crippen molar-refractivity contribution in [3.63, 3.8) is 0 Å². The molecule has 0 radical (unpaired) electrons. The van der Waals surface area contributed by atoms with Crippen molar-refractivity contribution < 1.29 is 27.1 Å². The fourth-order valence-corrected chi connectivity index (χ4v) is 4.06. The van der Waals surface area contributed by atoms with Gasteiger partial charge in [-0.25, -0.2) is 4.39 Å². The molecular weight excluding hydrogens is 382 g/mol. The summed E-state index contributed by atoms with van der Waals surface area (Å²) in [5, 5.41) is 0.533. The maximum absolute atomic E-state index is 14.0. The molecule has 146 valence electrons. The van der Waals surface area contributed by atoms with E-state index < -0.39 is 17.6 Å². The van der Waals surface area contributed by atoms with Crippen LogP contribution in [-0.2, 0) is 30.5 Å². The van der Waals surface area contributed by atoms with Crippen molar-refractivity contribution in [1.82, 2.24) is 4.90 Å². The van der Waals surface area contributed by atoms with Gasteiger partial charge in [-0.1, -0.05) is 6.92 Å². The molecule has 1 aliphatic heterocycles. The lowest BCUT2D eigenvalue weighted by Crippen LogP contribution is -2.29. The lowest BCUT2D eigenvalue weighted by molar-refractivity contribution is -0.137. The molecule has 0 N–H and O–H groups in total. The normalized spacial score (nSPS) is 14.9.